The summed E-state index contributed by atoms with van der Waals surface area (Å²) in [5.41, 5.74) is 2.00. The van der Waals surface area contributed by atoms with Gasteiger partial charge in [0, 0.05) is 12.1 Å². The van der Waals surface area contributed by atoms with Gasteiger partial charge in [-0.3, -0.25) is 0 Å². The molecule has 1 heterocycles. The zero-order valence-electron chi connectivity index (χ0n) is 8.29. The zero-order valence-corrected chi connectivity index (χ0v) is 8.29. The van der Waals surface area contributed by atoms with Crippen molar-refractivity contribution in [3.63, 3.8) is 0 Å². The number of hydrogen-bond donors (Lipinski definition) is 2. The number of ether oxygens (including phenoxy) is 1. The van der Waals surface area contributed by atoms with Gasteiger partial charge < -0.3 is 15.2 Å². The van der Waals surface area contributed by atoms with Crippen LogP contribution in [0.4, 0.5) is 0 Å². The molecule has 1 aliphatic rings. The van der Waals surface area contributed by atoms with Crippen LogP contribution in [0.1, 0.15) is 17.2 Å². The molecule has 1 aliphatic heterocycles. The minimum atomic E-state index is 0.129. The normalized spacial score (nSPS) is 22.2. The van der Waals surface area contributed by atoms with Gasteiger partial charge >= 0.3 is 0 Å². The molecule has 76 valence electrons. The van der Waals surface area contributed by atoms with E-state index < -0.39 is 0 Å². The van der Waals surface area contributed by atoms with Crippen molar-refractivity contribution in [1.29, 1.82) is 0 Å². The Kier molecular flexibility index (Phi) is 2.70. The minimum absolute atomic E-state index is 0.129. The highest BCUT2D eigenvalue weighted by atomic mass is 16.5. The van der Waals surface area contributed by atoms with E-state index in [1.807, 2.05) is 19.1 Å². The van der Waals surface area contributed by atoms with Crippen molar-refractivity contribution in [1.82, 2.24) is 5.32 Å². The summed E-state index contributed by atoms with van der Waals surface area (Å²) in [6, 6.07) is 5.87. The van der Waals surface area contributed by atoms with Crippen molar-refractivity contribution in [3.8, 4) is 5.75 Å². The number of rotatable bonds is 1. The molecule has 1 fully saturated rings. The van der Waals surface area contributed by atoms with Crippen molar-refractivity contribution >= 4 is 0 Å². The van der Waals surface area contributed by atoms with Gasteiger partial charge in [-0.1, -0.05) is 12.1 Å². The summed E-state index contributed by atoms with van der Waals surface area (Å²) < 4.78 is 5.35. The molecule has 2 rings (SSSR count). The molecule has 1 atom stereocenters. The van der Waals surface area contributed by atoms with Crippen LogP contribution in [0.2, 0.25) is 0 Å². The minimum Gasteiger partial charge on any atom is -0.508 e. The van der Waals surface area contributed by atoms with Crippen molar-refractivity contribution in [3.05, 3.63) is 29.3 Å². The molecule has 2 N–H and O–H groups in total. The fourth-order valence-electron chi connectivity index (χ4n) is 1.71. The summed E-state index contributed by atoms with van der Waals surface area (Å²) in [5, 5.41) is 13.1. The van der Waals surface area contributed by atoms with E-state index in [4.69, 9.17) is 4.74 Å². The van der Waals surface area contributed by atoms with Crippen LogP contribution in [0, 0.1) is 6.92 Å². The van der Waals surface area contributed by atoms with Crippen molar-refractivity contribution < 1.29 is 9.84 Å². The molecule has 0 amide bonds. The van der Waals surface area contributed by atoms with Gasteiger partial charge in [-0.15, -0.1) is 0 Å². The lowest BCUT2D eigenvalue weighted by Crippen LogP contribution is -2.34. The molecule has 0 saturated carbocycles. The SMILES string of the molecule is Cc1ccc(C2COCCN2)c(O)c1. The zero-order chi connectivity index (χ0) is 9.97. The number of phenols is 1. The Labute approximate surface area is 83.7 Å². The second-order valence-corrected chi connectivity index (χ2v) is 3.64. The maximum atomic E-state index is 9.75. The summed E-state index contributed by atoms with van der Waals surface area (Å²) in [6.45, 7) is 4.20. The second kappa shape index (κ2) is 3.98. The summed E-state index contributed by atoms with van der Waals surface area (Å²) in [5.74, 6) is 0.355. The first-order valence-electron chi connectivity index (χ1n) is 4.88. The quantitative estimate of drug-likeness (QED) is 0.707. The molecule has 0 spiro atoms. The Balaban J connectivity index is 2.22. The Bertz CT molecular complexity index is 319. The average Bonchev–Trinajstić information content (AvgIpc) is 2.19. The van der Waals surface area contributed by atoms with Gasteiger partial charge in [0.2, 0.25) is 0 Å². The van der Waals surface area contributed by atoms with Gasteiger partial charge in [0.05, 0.1) is 19.3 Å². The van der Waals surface area contributed by atoms with Crippen molar-refractivity contribution in [2.45, 2.75) is 13.0 Å². The average molecular weight is 193 g/mol. The van der Waals surface area contributed by atoms with Crippen LogP contribution >= 0.6 is 0 Å². The number of hydrogen-bond acceptors (Lipinski definition) is 3. The monoisotopic (exact) mass is 193 g/mol. The molecule has 0 radical (unpaired) electrons. The van der Waals surface area contributed by atoms with Gasteiger partial charge in [0.1, 0.15) is 5.75 Å². The predicted octanol–water partition coefficient (Wildman–Crippen LogP) is 1.36. The third-order valence-electron chi connectivity index (χ3n) is 2.48. The molecule has 1 unspecified atom stereocenters. The molecular formula is C11H15NO2. The molecule has 0 aromatic heterocycles. The van der Waals surface area contributed by atoms with Crippen LogP contribution in [0.5, 0.6) is 5.75 Å². The van der Waals surface area contributed by atoms with Gasteiger partial charge in [-0.2, -0.15) is 0 Å². The molecule has 0 bridgehead atoms. The van der Waals surface area contributed by atoms with Crippen LogP contribution in [-0.4, -0.2) is 24.9 Å². The first kappa shape index (κ1) is 9.49. The Morgan fingerprint density at radius 3 is 3.00 bits per heavy atom. The van der Waals surface area contributed by atoms with Crippen LogP contribution < -0.4 is 5.32 Å². The third kappa shape index (κ3) is 1.89. The fraction of sp³-hybridized carbons (Fsp3) is 0.455. The largest absolute Gasteiger partial charge is 0.508 e. The maximum absolute atomic E-state index is 9.75. The summed E-state index contributed by atoms with van der Waals surface area (Å²) in [7, 11) is 0. The molecule has 3 nitrogen and oxygen atoms in total. The van der Waals surface area contributed by atoms with Gasteiger partial charge in [-0.25, -0.2) is 0 Å². The van der Waals surface area contributed by atoms with Crippen molar-refractivity contribution in [2.24, 2.45) is 0 Å². The summed E-state index contributed by atoms with van der Waals surface area (Å²) >= 11 is 0. The second-order valence-electron chi connectivity index (χ2n) is 3.64. The number of morpholine rings is 1. The first-order chi connectivity index (χ1) is 6.77. The third-order valence-corrected chi connectivity index (χ3v) is 2.48. The van der Waals surface area contributed by atoms with E-state index in [-0.39, 0.29) is 6.04 Å². The van der Waals surface area contributed by atoms with Gasteiger partial charge in [0.15, 0.2) is 0 Å². The van der Waals surface area contributed by atoms with E-state index >= 15 is 0 Å². The Morgan fingerprint density at radius 2 is 2.36 bits per heavy atom. The van der Waals surface area contributed by atoms with Crippen molar-refractivity contribution in [2.75, 3.05) is 19.8 Å². The van der Waals surface area contributed by atoms with Gasteiger partial charge in [-0.05, 0) is 18.6 Å². The molecule has 1 aromatic carbocycles. The van der Waals surface area contributed by atoms with Crippen LogP contribution in [0.3, 0.4) is 0 Å². The van der Waals surface area contributed by atoms with E-state index in [1.54, 1.807) is 6.07 Å². The number of benzene rings is 1. The van der Waals surface area contributed by atoms with E-state index in [0.29, 0.717) is 12.4 Å². The number of nitrogens with one attached hydrogen (secondary N) is 1. The number of phenolic OH excluding ortho intramolecular Hbond substituents is 1. The molecular weight excluding hydrogens is 178 g/mol. The predicted molar refractivity (Wildman–Crippen MR) is 54.4 cm³/mol. The molecule has 1 aromatic rings. The summed E-state index contributed by atoms with van der Waals surface area (Å²) in [4.78, 5) is 0. The van der Waals surface area contributed by atoms with E-state index in [1.165, 1.54) is 0 Å². The first-order valence-corrected chi connectivity index (χ1v) is 4.88. The van der Waals surface area contributed by atoms with E-state index in [2.05, 4.69) is 5.32 Å². The molecule has 14 heavy (non-hydrogen) atoms. The Morgan fingerprint density at radius 1 is 1.50 bits per heavy atom. The Hall–Kier alpha value is -1.06. The lowest BCUT2D eigenvalue weighted by Gasteiger charge is -2.24. The molecule has 0 aliphatic carbocycles. The van der Waals surface area contributed by atoms with Crippen LogP contribution in [-0.2, 0) is 4.74 Å². The van der Waals surface area contributed by atoms with E-state index in [9.17, 15) is 5.11 Å². The van der Waals surface area contributed by atoms with Gasteiger partial charge in [0.25, 0.3) is 0 Å². The lowest BCUT2D eigenvalue weighted by molar-refractivity contribution is 0.0761. The molecule has 3 heteroatoms. The fourth-order valence-corrected chi connectivity index (χ4v) is 1.71. The summed E-state index contributed by atoms with van der Waals surface area (Å²) in [6.07, 6.45) is 0. The highest BCUT2D eigenvalue weighted by molar-refractivity contribution is 5.38. The standard InChI is InChI=1S/C11H15NO2/c1-8-2-3-9(11(13)6-8)10-7-14-5-4-12-10/h2-3,6,10,12-13H,4-5,7H2,1H3. The highest BCUT2D eigenvalue weighted by Gasteiger charge is 2.17. The topological polar surface area (TPSA) is 41.5 Å². The lowest BCUT2D eigenvalue weighted by atomic mass is 10.0. The van der Waals surface area contributed by atoms with Crippen LogP contribution in [0.25, 0.3) is 0 Å². The molecule has 1 saturated heterocycles. The maximum Gasteiger partial charge on any atom is 0.120 e. The number of aryl methyl sites for hydroxylation is 1. The van der Waals surface area contributed by atoms with E-state index in [0.717, 1.165) is 24.3 Å². The smallest absolute Gasteiger partial charge is 0.120 e. The highest BCUT2D eigenvalue weighted by Crippen LogP contribution is 2.26. The number of aromatic hydroxyl groups is 1. The van der Waals surface area contributed by atoms with Crippen LogP contribution in [0.15, 0.2) is 18.2 Å².